The topological polar surface area (TPSA) is 85.2 Å². The summed E-state index contributed by atoms with van der Waals surface area (Å²) in [7, 11) is 0. The fourth-order valence-corrected chi connectivity index (χ4v) is 3.54. The van der Waals surface area contributed by atoms with Crippen LogP contribution in [0.3, 0.4) is 0 Å². The first-order valence-electron chi connectivity index (χ1n) is 8.82. The van der Waals surface area contributed by atoms with E-state index in [0.29, 0.717) is 0 Å². The first-order valence-corrected chi connectivity index (χ1v) is 8.82. The Balaban J connectivity index is 1.64. The van der Waals surface area contributed by atoms with E-state index in [1.165, 1.54) is 0 Å². The van der Waals surface area contributed by atoms with Crippen LogP contribution in [0.15, 0.2) is 73.8 Å². The lowest BCUT2D eigenvalue weighted by Gasteiger charge is -2.08. The number of nitrogens with one attached hydrogen (secondary N) is 1. The third kappa shape index (κ3) is 2.20. The summed E-state index contributed by atoms with van der Waals surface area (Å²) >= 11 is 0. The Morgan fingerprint density at radius 3 is 2.71 bits per heavy atom. The van der Waals surface area contributed by atoms with Gasteiger partial charge in [-0.3, -0.25) is 19.5 Å². The van der Waals surface area contributed by atoms with Crippen molar-refractivity contribution in [3.8, 4) is 16.9 Å². The van der Waals surface area contributed by atoms with Gasteiger partial charge in [-0.25, -0.2) is 9.97 Å². The van der Waals surface area contributed by atoms with Gasteiger partial charge in [-0.15, -0.1) is 0 Å². The molecule has 7 heteroatoms. The van der Waals surface area contributed by atoms with E-state index in [0.717, 1.165) is 49.9 Å². The minimum Gasteiger partial charge on any atom is -0.345 e. The maximum atomic E-state index is 4.56. The molecular weight excluding hydrogens is 350 g/mol. The minimum atomic E-state index is 0.824. The zero-order chi connectivity index (χ0) is 18.5. The van der Waals surface area contributed by atoms with E-state index in [2.05, 4.69) is 46.6 Å². The first-order chi connectivity index (χ1) is 13.9. The van der Waals surface area contributed by atoms with Gasteiger partial charge >= 0.3 is 0 Å². The van der Waals surface area contributed by atoms with Gasteiger partial charge in [0.05, 0.1) is 46.5 Å². The molecule has 0 aliphatic carbocycles. The second-order valence-corrected chi connectivity index (χ2v) is 6.54. The number of hydrogen-bond donors (Lipinski definition) is 1. The van der Waals surface area contributed by atoms with Crippen LogP contribution >= 0.6 is 0 Å². The van der Waals surface area contributed by atoms with Crippen molar-refractivity contribution in [2.24, 2.45) is 0 Å². The van der Waals surface area contributed by atoms with Crippen molar-refractivity contribution in [1.29, 1.82) is 0 Å². The number of imidazole rings is 2. The normalized spacial score (nSPS) is 11.6. The Labute approximate surface area is 158 Å². The summed E-state index contributed by atoms with van der Waals surface area (Å²) in [6.45, 7) is 0. The van der Waals surface area contributed by atoms with Gasteiger partial charge in [-0.1, -0.05) is 0 Å². The van der Waals surface area contributed by atoms with Gasteiger partial charge in [0.1, 0.15) is 11.8 Å². The van der Waals surface area contributed by atoms with E-state index in [4.69, 9.17) is 0 Å². The first kappa shape index (κ1) is 15.0. The summed E-state index contributed by atoms with van der Waals surface area (Å²) in [6.07, 6.45) is 10.7. The van der Waals surface area contributed by atoms with Crippen molar-refractivity contribution < 1.29 is 0 Å². The molecule has 0 radical (unpaired) electrons. The average molecular weight is 363 g/mol. The molecule has 0 amide bonds. The zero-order valence-electron chi connectivity index (χ0n) is 14.6. The summed E-state index contributed by atoms with van der Waals surface area (Å²) in [6, 6.07) is 12.1. The van der Waals surface area contributed by atoms with E-state index in [1.807, 2.05) is 36.8 Å². The van der Waals surface area contributed by atoms with E-state index in [-0.39, 0.29) is 0 Å². The fourth-order valence-electron chi connectivity index (χ4n) is 3.54. The summed E-state index contributed by atoms with van der Waals surface area (Å²) in [4.78, 5) is 25.3. The van der Waals surface area contributed by atoms with E-state index < -0.39 is 0 Å². The maximum absolute atomic E-state index is 4.56. The Bertz CT molecular complexity index is 1460. The van der Waals surface area contributed by atoms with Crippen LogP contribution in [0.5, 0.6) is 0 Å². The quantitative estimate of drug-likeness (QED) is 0.504. The predicted molar refractivity (Wildman–Crippen MR) is 107 cm³/mol. The molecule has 132 valence electrons. The zero-order valence-corrected chi connectivity index (χ0v) is 14.6. The predicted octanol–water partition coefficient (Wildman–Crippen LogP) is 3.91. The maximum Gasteiger partial charge on any atom is 0.108 e. The number of nitrogens with zero attached hydrogens (tertiary/aromatic N) is 6. The van der Waals surface area contributed by atoms with Crippen LogP contribution in [0.4, 0.5) is 0 Å². The molecule has 0 aliphatic rings. The van der Waals surface area contributed by atoms with Crippen LogP contribution in [-0.2, 0) is 0 Å². The molecule has 0 saturated heterocycles. The highest BCUT2D eigenvalue weighted by Gasteiger charge is 2.12. The molecule has 0 unspecified atom stereocenters. The molecule has 0 bridgehead atoms. The number of H-pyrrole nitrogens is 1. The molecule has 0 fully saturated rings. The average Bonchev–Trinajstić information content (AvgIpc) is 3.40. The SMILES string of the molecule is c1cncc(-c2cc3c(cn2)ncc2ncn(-c4ccc5nc[nH]c5c4)c23)c1. The molecular formula is C21H13N7. The van der Waals surface area contributed by atoms with Crippen LogP contribution in [0, 0.1) is 0 Å². The molecule has 5 heterocycles. The number of aromatic amines is 1. The molecule has 1 aromatic carbocycles. The molecule has 0 aliphatic heterocycles. The van der Waals surface area contributed by atoms with Crippen molar-refractivity contribution >= 4 is 33.0 Å². The molecule has 0 atom stereocenters. The highest BCUT2D eigenvalue weighted by Crippen LogP contribution is 2.29. The van der Waals surface area contributed by atoms with Gasteiger partial charge in [0.25, 0.3) is 0 Å². The molecule has 5 aromatic heterocycles. The van der Waals surface area contributed by atoms with Crippen molar-refractivity contribution in [2.45, 2.75) is 0 Å². The number of aromatic nitrogens is 7. The Morgan fingerprint density at radius 1 is 0.821 bits per heavy atom. The number of hydrogen-bond acceptors (Lipinski definition) is 5. The summed E-state index contributed by atoms with van der Waals surface area (Å²) in [5.41, 5.74) is 7.39. The third-order valence-electron chi connectivity index (χ3n) is 4.90. The van der Waals surface area contributed by atoms with E-state index >= 15 is 0 Å². The van der Waals surface area contributed by atoms with Crippen molar-refractivity contribution in [1.82, 2.24) is 34.5 Å². The monoisotopic (exact) mass is 363 g/mol. The molecule has 6 rings (SSSR count). The summed E-state index contributed by atoms with van der Waals surface area (Å²) in [5, 5.41) is 0.994. The minimum absolute atomic E-state index is 0.824. The van der Waals surface area contributed by atoms with Gasteiger partial charge in [0.15, 0.2) is 0 Å². The Hall–Kier alpha value is -4.13. The Kier molecular flexibility index (Phi) is 3.04. The van der Waals surface area contributed by atoms with Gasteiger partial charge in [-0.2, -0.15) is 0 Å². The number of benzene rings is 1. The molecule has 6 aromatic rings. The van der Waals surface area contributed by atoms with Gasteiger partial charge in [0.2, 0.25) is 0 Å². The van der Waals surface area contributed by atoms with Crippen LogP contribution in [0.2, 0.25) is 0 Å². The lowest BCUT2D eigenvalue weighted by molar-refractivity contribution is 1.10. The van der Waals surface area contributed by atoms with Crippen molar-refractivity contribution in [3.05, 3.63) is 73.8 Å². The van der Waals surface area contributed by atoms with Crippen LogP contribution in [0.1, 0.15) is 0 Å². The van der Waals surface area contributed by atoms with Gasteiger partial charge < -0.3 is 4.98 Å². The smallest absolute Gasteiger partial charge is 0.108 e. The third-order valence-corrected chi connectivity index (χ3v) is 4.90. The largest absolute Gasteiger partial charge is 0.345 e. The van der Waals surface area contributed by atoms with Crippen LogP contribution < -0.4 is 0 Å². The second kappa shape index (κ2) is 5.68. The molecule has 28 heavy (non-hydrogen) atoms. The lowest BCUT2D eigenvalue weighted by atomic mass is 10.1. The van der Waals surface area contributed by atoms with Crippen molar-refractivity contribution in [3.63, 3.8) is 0 Å². The molecule has 7 nitrogen and oxygen atoms in total. The van der Waals surface area contributed by atoms with Gasteiger partial charge in [-0.05, 0) is 36.4 Å². The lowest BCUT2D eigenvalue weighted by Crippen LogP contribution is -1.94. The standard InChI is InChI=1S/C21H13N7/c1-2-13(8-22-5-1)17-7-15-19(9-23-17)24-10-20-21(15)28(12-27-20)14-3-4-16-18(6-14)26-11-25-16/h1-12H,(H,25,26). The highest BCUT2D eigenvalue weighted by atomic mass is 15.1. The number of rotatable bonds is 2. The van der Waals surface area contributed by atoms with Gasteiger partial charge in [0, 0.05) is 29.0 Å². The molecule has 0 saturated carbocycles. The Morgan fingerprint density at radius 2 is 1.79 bits per heavy atom. The number of pyridine rings is 3. The summed E-state index contributed by atoms with van der Waals surface area (Å²) in [5.74, 6) is 0. The molecule has 0 spiro atoms. The van der Waals surface area contributed by atoms with Crippen LogP contribution in [0.25, 0.3) is 49.9 Å². The summed E-state index contributed by atoms with van der Waals surface area (Å²) < 4.78 is 2.08. The van der Waals surface area contributed by atoms with E-state index in [9.17, 15) is 0 Å². The highest BCUT2D eigenvalue weighted by molar-refractivity contribution is 6.03. The fraction of sp³-hybridized carbons (Fsp3) is 0. The van der Waals surface area contributed by atoms with E-state index in [1.54, 1.807) is 24.9 Å². The number of fused-ring (bicyclic) bond motifs is 4. The second-order valence-electron chi connectivity index (χ2n) is 6.54. The van der Waals surface area contributed by atoms with Crippen LogP contribution in [-0.4, -0.2) is 34.5 Å². The molecule has 1 N–H and O–H groups in total. The van der Waals surface area contributed by atoms with Crippen molar-refractivity contribution in [2.75, 3.05) is 0 Å².